The molecule has 0 spiro atoms. The van der Waals surface area contributed by atoms with Crippen molar-refractivity contribution in [3.05, 3.63) is 53.2 Å². The van der Waals surface area contributed by atoms with Gasteiger partial charge < -0.3 is 20.1 Å². The van der Waals surface area contributed by atoms with Crippen LogP contribution in [0.15, 0.2) is 36.5 Å². The molecule has 1 aliphatic carbocycles. The summed E-state index contributed by atoms with van der Waals surface area (Å²) in [7, 11) is 1.62. The van der Waals surface area contributed by atoms with Gasteiger partial charge >= 0.3 is 12.2 Å². The molecule has 170 valence electrons. The number of fused-ring (bicyclic) bond motifs is 1. The first kappa shape index (κ1) is 24.3. The van der Waals surface area contributed by atoms with E-state index in [0.717, 1.165) is 24.2 Å². The van der Waals surface area contributed by atoms with Crippen LogP contribution in [-0.2, 0) is 19.4 Å². The van der Waals surface area contributed by atoms with Gasteiger partial charge in [-0.05, 0) is 54.2 Å². The molecule has 9 heteroatoms. The first-order chi connectivity index (χ1) is 14.8. The lowest BCUT2D eigenvalue weighted by Gasteiger charge is -2.26. The highest BCUT2D eigenvalue weighted by Gasteiger charge is 2.28. The Labute approximate surface area is 180 Å². The molecule has 1 atom stereocenters. The molecule has 2 aromatic rings. The SMILES string of the molecule is CC.COc1ccc2c(c1)CC(NC(=O)NCc1ccnc(OCC(F)(F)F)c1)CC2. The van der Waals surface area contributed by atoms with Crippen LogP contribution >= 0.6 is 0 Å². The van der Waals surface area contributed by atoms with E-state index < -0.39 is 12.8 Å². The second kappa shape index (κ2) is 11.4. The molecule has 0 saturated carbocycles. The molecule has 0 aliphatic heterocycles. The third-order valence-electron chi connectivity index (χ3n) is 4.61. The number of hydrogen-bond donors (Lipinski definition) is 2. The second-order valence-corrected chi connectivity index (χ2v) is 6.81. The molecule has 1 unspecified atom stereocenters. The number of nitrogens with one attached hydrogen (secondary N) is 2. The summed E-state index contributed by atoms with van der Waals surface area (Å²) in [6.07, 6.45) is -0.679. The number of benzene rings is 1. The van der Waals surface area contributed by atoms with Crippen molar-refractivity contribution in [1.29, 1.82) is 0 Å². The number of hydrogen-bond acceptors (Lipinski definition) is 4. The number of carbonyl (C=O) groups is 1. The van der Waals surface area contributed by atoms with Crippen LogP contribution in [0.25, 0.3) is 0 Å². The highest BCUT2D eigenvalue weighted by molar-refractivity contribution is 5.74. The number of halogens is 3. The number of methoxy groups -OCH3 is 1. The molecule has 3 rings (SSSR count). The Morgan fingerprint density at radius 1 is 1.19 bits per heavy atom. The highest BCUT2D eigenvalue weighted by atomic mass is 19.4. The standard InChI is InChI=1S/C20H22F3N3O3.C2H6/c1-28-17-5-3-14-2-4-16(9-15(14)10-17)26-19(27)25-11-13-6-7-24-18(8-13)29-12-20(21,22)23;1-2/h3,5-8,10,16H,2,4,9,11-12H2,1H3,(H2,25,26,27);1-2H3. The van der Waals surface area contributed by atoms with Gasteiger partial charge in [-0.2, -0.15) is 13.2 Å². The van der Waals surface area contributed by atoms with E-state index in [1.54, 1.807) is 13.2 Å². The van der Waals surface area contributed by atoms with Gasteiger partial charge in [0.1, 0.15) is 5.75 Å². The summed E-state index contributed by atoms with van der Waals surface area (Å²) in [4.78, 5) is 16.0. The Morgan fingerprint density at radius 2 is 1.97 bits per heavy atom. The minimum Gasteiger partial charge on any atom is -0.497 e. The molecule has 6 nitrogen and oxygen atoms in total. The molecule has 0 fully saturated rings. The molecule has 2 amide bonds. The third-order valence-corrected chi connectivity index (χ3v) is 4.61. The number of ether oxygens (including phenoxy) is 2. The van der Waals surface area contributed by atoms with E-state index in [1.165, 1.54) is 17.8 Å². The number of aromatic nitrogens is 1. The lowest BCUT2D eigenvalue weighted by atomic mass is 9.88. The Morgan fingerprint density at radius 3 is 2.68 bits per heavy atom. The minimum absolute atomic E-state index is 0.00211. The molecular weight excluding hydrogens is 411 g/mol. The van der Waals surface area contributed by atoms with E-state index in [9.17, 15) is 18.0 Å². The number of urea groups is 1. The maximum atomic E-state index is 12.2. The van der Waals surface area contributed by atoms with Gasteiger partial charge in [0.15, 0.2) is 6.61 Å². The van der Waals surface area contributed by atoms with Crippen molar-refractivity contribution in [2.75, 3.05) is 13.7 Å². The van der Waals surface area contributed by atoms with Gasteiger partial charge in [-0.25, -0.2) is 9.78 Å². The van der Waals surface area contributed by atoms with Crippen molar-refractivity contribution in [3.8, 4) is 11.6 Å². The lowest BCUT2D eigenvalue weighted by molar-refractivity contribution is -0.154. The van der Waals surface area contributed by atoms with Gasteiger partial charge in [0.05, 0.1) is 7.11 Å². The Bertz CT molecular complexity index is 859. The molecule has 1 aliphatic rings. The summed E-state index contributed by atoms with van der Waals surface area (Å²) in [5.74, 6) is 0.648. The molecule has 0 saturated heterocycles. The van der Waals surface area contributed by atoms with Crippen LogP contribution in [0.4, 0.5) is 18.0 Å². The molecular formula is C22H28F3N3O3. The largest absolute Gasteiger partial charge is 0.497 e. The van der Waals surface area contributed by atoms with Crippen LogP contribution in [0.1, 0.15) is 37.0 Å². The van der Waals surface area contributed by atoms with Crippen LogP contribution in [0.2, 0.25) is 0 Å². The number of pyridine rings is 1. The summed E-state index contributed by atoms with van der Waals surface area (Å²) in [6, 6.07) is 8.60. The van der Waals surface area contributed by atoms with E-state index in [2.05, 4.69) is 20.4 Å². The first-order valence-electron chi connectivity index (χ1n) is 10.2. The van der Waals surface area contributed by atoms with Crippen molar-refractivity contribution in [2.24, 2.45) is 0 Å². The summed E-state index contributed by atoms with van der Waals surface area (Å²) in [5, 5.41) is 5.65. The zero-order chi connectivity index (χ0) is 22.9. The van der Waals surface area contributed by atoms with Gasteiger partial charge in [0, 0.05) is 24.8 Å². The van der Waals surface area contributed by atoms with E-state index in [-0.39, 0.29) is 24.5 Å². The number of nitrogens with zero attached hydrogens (tertiary/aromatic N) is 1. The first-order valence-corrected chi connectivity index (χ1v) is 10.2. The van der Waals surface area contributed by atoms with Crippen LogP contribution in [0.3, 0.4) is 0 Å². The second-order valence-electron chi connectivity index (χ2n) is 6.81. The molecule has 0 bridgehead atoms. The summed E-state index contributed by atoms with van der Waals surface area (Å²) < 4.78 is 46.6. The fraction of sp³-hybridized carbons (Fsp3) is 0.455. The van der Waals surface area contributed by atoms with E-state index >= 15 is 0 Å². The van der Waals surface area contributed by atoms with Crippen LogP contribution in [-0.4, -0.2) is 36.9 Å². The zero-order valence-corrected chi connectivity index (χ0v) is 17.9. The zero-order valence-electron chi connectivity index (χ0n) is 17.9. The van der Waals surface area contributed by atoms with Crippen molar-refractivity contribution >= 4 is 6.03 Å². The van der Waals surface area contributed by atoms with E-state index in [0.29, 0.717) is 12.0 Å². The number of aryl methyl sites for hydroxylation is 1. The van der Waals surface area contributed by atoms with Crippen molar-refractivity contribution in [2.45, 2.75) is 51.9 Å². The topological polar surface area (TPSA) is 72.5 Å². The van der Waals surface area contributed by atoms with Gasteiger partial charge in [0.2, 0.25) is 5.88 Å². The van der Waals surface area contributed by atoms with Crippen LogP contribution < -0.4 is 20.1 Å². The number of alkyl halides is 3. The predicted molar refractivity (Wildman–Crippen MR) is 111 cm³/mol. The van der Waals surface area contributed by atoms with Gasteiger partial charge in [-0.15, -0.1) is 0 Å². The predicted octanol–water partition coefficient (Wildman–Crippen LogP) is 4.41. The average molecular weight is 439 g/mol. The maximum Gasteiger partial charge on any atom is 0.422 e. The molecule has 1 aromatic heterocycles. The fourth-order valence-electron chi connectivity index (χ4n) is 3.20. The minimum atomic E-state index is -4.43. The van der Waals surface area contributed by atoms with Crippen molar-refractivity contribution in [3.63, 3.8) is 0 Å². The van der Waals surface area contributed by atoms with Crippen LogP contribution in [0, 0.1) is 0 Å². The van der Waals surface area contributed by atoms with E-state index in [1.807, 2.05) is 32.0 Å². The average Bonchev–Trinajstić information content (AvgIpc) is 2.77. The molecule has 1 aromatic carbocycles. The Kier molecular flexibility index (Phi) is 8.96. The smallest absolute Gasteiger partial charge is 0.422 e. The van der Waals surface area contributed by atoms with Crippen molar-refractivity contribution in [1.82, 2.24) is 15.6 Å². The number of carbonyl (C=O) groups excluding carboxylic acids is 1. The summed E-state index contributed by atoms with van der Waals surface area (Å²) in [5.41, 5.74) is 3.00. The molecule has 1 heterocycles. The lowest BCUT2D eigenvalue weighted by Crippen LogP contribution is -2.44. The highest BCUT2D eigenvalue weighted by Crippen LogP contribution is 2.25. The maximum absolute atomic E-state index is 12.2. The van der Waals surface area contributed by atoms with Crippen LogP contribution in [0.5, 0.6) is 11.6 Å². The monoisotopic (exact) mass is 439 g/mol. The summed E-state index contributed by atoms with van der Waals surface area (Å²) >= 11 is 0. The Balaban J connectivity index is 0.00000166. The molecule has 31 heavy (non-hydrogen) atoms. The summed E-state index contributed by atoms with van der Waals surface area (Å²) in [6.45, 7) is 2.74. The van der Waals surface area contributed by atoms with Gasteiger partial charge in [-0.1, -0.05) is 19.9 Å². The number of amides is 2. The van der Waals surface area contributed by atoms with Crippen molar-refractivity contribution < 1.29 is 27.4 Å². The normalized spacial score (nSPS) is 15.1. The van der Waals surface area contributed by atoms with Gasteiger partial charge in [-0.3, -0.25) is 0 Å². The third kappa shape index (κ3) is 7.99. The van der Waals surface area contributed by atoms with E-state index in [4.69, 9.17) is 4.74 Å². The Hall–Kier alpha value is -2.97. The quantitative estimate of drug-likeness (QED) is 0.699. The molecule has 0 radical (unpaired) electrons. The molecule has 2 N–H and O–H groups in total. The van der Waals surface area contributed by atoms with Gasteiger partial charge in [0.25, 0.3) is 0 Å². The fourth-order valence-corrected chi connectivity index (χ4v) is 3.20. The number of rotatable bonds is 6.